The number of hydrogen-bond acceptors (Lipinski definition) is 2. The van der Waals surface area contributed by atoms with Crippen LogP contribution in [0.4, 0.5) is 4.79 Å². The van der Waals surface area contributed by atoms with Crippen molar-refractivity contribution in [3.63, 3.8) is 0 Å². The van der Waals surface area contributed by atoms with Gasteiger partial charge in [-0.3, -0.25) is 0 Å². The van der Waals surface area contributed by atoms with E-state index in [-0.39, 0.29) is 12.1 Å². The summed E-state index contributed by atoms with van der Waals surface area (Å²) in [6.07, 6.45) is 9.02. The molecule has 3 N–H and O–H groups in total. The number of urea groups is 1. The number of carboxylic acids is 1. The van der Waals surface area contributed by atoms with Crippen LogP contribution in [-0.4, -0.2) is 29.2 Å². The summed E-state index contributed by atoms with van der Waals surface area (Å²) in [5, 5.41) is 14.3. The van der Waals surface area contributed by atoms with Crippen LogP contribution >= 0.6 is 0 Å². The van der Waals surface area contributed by atoms with Crippen molar-refractivity contribution in [1.82, 2.24) is 10.6 Å². The zero-order valence-electron chi connectivity index (χ0n) is 10.8. The Balaban J connectivity index is 2.35. The summed E-state index contributed by atoms with van der Waals surface area (Å²) in [6.45, 7) is 1.99. The fourth-order valence-corrected chi connectivity index (χ4v) is 1.98. The van der Waals surface area contributed by atoms with Crippen LogP contribution in [0.15, 0.2) is 12.2 Å². The average molecular weight is 254 g/mol. The van der Waals surface area contributed by atoms with Crippen molar-refractivity contribution in [2.24, 2.45) is 0 Å². The summed E-state index contributed by atoms with van der Waals surface area (Å²) < 4.78 is 0. The molecule has 1 unspecified atom stereocenters. The van der Waals surface area contributed by atoms with E-state index in [9.17, 15) is 9.59 Å². The summed E-state index contributed by atoms with van der Waals surface area (Å²) in [6, 6.07) is -1.04. The quantitative estimate of drug-likeness (QED) is 0.635. The van der Waals surface area contributed by atoms with Gasteiger partial charge in [-0.05, 0) is 25.7 Å². The summed E-state index contributed by atoms with van der Waals surface area (Å²) >= 11 is 0. The van der Waals surface area contributed by atoms with Gasteiger partial charge in [-0.25, -0.2) is 9.59 Å². The minimum absolute atomic E-state index is 0.121. The lowest BCUT2D eigenvalue weighted by Crippen LogP contribution is -2.49. The lowest BCUT2D eigenvalue weighted by Gasteiger charge is -2.21. The third-order valence-electron chi connectivity index (χ3n) is 3.05. The molecule has 18 heavy (non-hydrogen) atoms. The van der Waals surface area contributed by atoms with E-state index < -0.39 is 12.0 Å². The van der Waals surface area contributed by atoms with Gasteiger partial charge in [-0.2, -0.15) is 0 Å². The van der Waals surface area contributed by atoms with E-state index in [2.05, 4.69) is 16.7 Å². The van der Waals surface area contributed by atoms with Crippen molar-refractivity contribution >= 4 is 12.0 Å². The molecule has 0 bridgehead atoms. The Morgan fingerprint density at radius 1 is 1.44 bits per heavy atom. The van der Waals surface area contributed by atoms with E-state index in [1.165, 1.54) is 0 Å². The molecule has 0 aromatic heterocycles. The Morgan fingerprint density at radius 3 is 2.78 bits per heavy atom. The van der Waals surface area contributed by atoms with Gasteiger partial charge < -0.3 is 15.7 Å². The standard InChI is InChI=1S/C13H22N2O3/c1-2-3-9-11(12(16)17)15-13(18)14-10-7-5-4-6-8-10/h4-5,10-11H,2-3,6-9H2,1H3,(H,16,17)(H2,14,15,18)/t10?,11-/m0/s1. The predicted molar refractivity (Wildman–Crippen MR) is 69.4 cm³/mol. The Morgan fingerprint density at radius 2 is 2.22 bits per heavy atom. The van der Waals surface area contributed by atoms with Crippen molar-refractivity contribution in [1.29, 1.82) is 0 Å². The molecule has 0 fully saturated rings. The van der Waals surface area contributed by atoms with Gasteiger partial charge in [-0.1, -0.05) is 31.9 Å². The molecule has 5 heteroatoms. The molecule has 1 aliphatic carbocycles. The van der Waals surface area contributed by atoms with Gasteiger partial charge in [0.1, 0.15) is 6.04 Å². The number of hydrogen-bond donors (Lipinski definition) is 3. The maximum absolute atomic E-state index is 11.7. The van der Waals surface area contributed by atoms with Crippen LogP contribution in [0.5, 0.6) is 0 Å². The molecular formula is C13H22N2O3. The molecule has 1 rings (SSSR count). The molecule has 5 nitrogen and oxygen atoms in total. The largest absolute Gasteiger partial charge is 0.480 e. The van der Waals surface area contributed by atoms with Gasteiger partial charge in [0.25, 0.3) is 0 Å². The highest BCUT2D eigenvalue weighted by atomic mass is 16.4. The first kappa shape index (κ1) is 14.5. The minimum Gasteiger partial charge on any atom is -0.480 e. The Labute approximate surface area is 108 Å². The summed E-state index contributed by atoms with van der Waals surface area (Å²) in [5.74, 6) is -0.970. The molecule has 2 atom stereocenters. The van der Waals surface area contributed by atoms with Crippen molar-refractivity contribution in [3.05, 3.63) is 12.2 Å². The van der Waals surface area contributed by atoms with Crippen LogP contribution < -0.4 is 10.6 Å². The fraction of sp³-hybridized carbons (Fsp3) is 0.692. The number of unbranched alkanes of at least 4 members (excludes halogenated alkanes) is 1. The second-order valence-corrected chi connectivity index (χ2v) is 4.63. The lowest BCUT2D eigenvalue weighted by atomic mass is 10.0. The van der Waals surface area contributed by atoms with Gasteiger partial charge in [0.2, 0.25) is 0 Å². The second-order valence-electron chi connectivity index (χ2n) is 4.63. The van der Waals surface area contributed by atoms with E-state index in [1.54, 1.807) is 0 Å². The molecule has 0 radical (unpaired) electrons. The number of nitrogens with one attached hydrogen (secondary N) is 2. The molecule has 0 aromatic carbocycles. The molecule has 1 aliphatic rings. The topological polar surface area (TPSA) is 78.4 Å². The van der Waals surface area contributed by atoms with Crippen LogP contribution in [0.2, 0.25) is 0 Å². The van der Waals surface area contributed by atoms with Crippen LogP contribution in [0, 0.1) is 0 Å². The van der Waals surface area contributed by atoms with Gasteiger partial charge in [-0.15, -0.1) is 0 Å². The number of carbonyl (C=O) groups is 2. The third-order valence-corrected chi connectivity index (χ3v) is 3.05. The molecule has 0 heterocycles. The van der Waals surface area contributed by atoms with Crippen LogP contribution in [0.3, 0.4) is 0 Å². The first-order chi connectivity index (χ1) is 8.63. The first-order valence-corrected chi connectivity index (χ1v) is 6.58. The van der Waals surface area contributed by atoms with Gasteiger partial charge >= 0.3 is 12.0 Å². The minimum atomic E-state index is -0.970. The number of carboxylic acid groups (broad SMARTS) is 1. The number of carbonyl (C=O) groups excluding carboxylic acids is 1. The van der Waals surface area contributed by atoms with Gasteiger partial charge in [0.05, 0.1) is 0 Å². The highest BCUT2D eigenvalue weighted by Crippen LogP contribution is 2.10. The van der Waals surface area contributed by atoms with E-state index in [1.807, 2.05) is 13.0 Å². The van der Waals surface area contributed by atoms with Crippen molar-refractivity contribution in [3.8, 4) is 0 Å². The average Bonchev–Trinajstić information content (AvgIpc) is 2.35. The van der Waals surface area contributed by atoms with E-state index in [0.29, 0.717) is 6.42 Å². The molecule has 2 amide bonds. The molecule has 0 aromatic rings. The maximum Gasteiger partial charge on any atom is 0.326 e. The zero-order valence-corrected chi connectivity index (χ0v) is 10.8. The van der Waals surface area contributed by atoms with E-state index in [0.717, 1.165) is 32.1 Å². The maximum atomic E-state index is 11.7. The number of rotatable bonds is 6. The monoisotopic (exact) mass is 254 g/mol. The Hall–Kier alpha value is -1.52. The molecule has 102 valence electrons. The highest BCUT2D eigenvalue weighted by molar-refractivity contribution is 5.82. The van der Waals surface area contributed by atoms with Crippen LogP contribution in [-0.2, 0) is 4.79 Å². The summed E-state index contributed by atoms with van der Waals surface area (Å²) in [5.41, 5.74) is 0. The normalized spacial score (nSPS) is 20.2. The molecule has 0 spiro atoms. The number of aliphatic carboxylic acids is 1. The Kier molecular flexibility index (Phi) is 6.25. The van der Waals surface area contributed by atoms with Crippen LogP contribution in [0.25, 0.3) is 0 Å². The van der Waals surface area contributed by atoms with E-state index >= 15 is 0 Å². The van der Waals surface area contributed by atoms with Crippen molar-refractivity contribution < 1.29 is 14.7 Å². The van der Waals surface area contributed by atoms with Crippen molar-refractivity contribution in [2.45, 2.75) is 57.5 Å². The van der Waals surface area contributed by atoms with Crippen molar-refractivity contribution in [2.75, 3.05) is 0 Å². The lowest BCUT2D eigenvalue weighted by molar-refractivity contribution is -0.139. The van der Waals surface area contributed by atoms with Gasteiger partial charge in [0.15, 0.2) is 0 Å². The summed E-state index contributed by atoms with van der Waals surface area (Å²) in [7, 11) is 0. The number of allylic oxidation sites excluding steroid dienone is 1. The molecule has 0 saturated carbocycles. The first-order valence-electron chi connectivity index (χ1n) is 6.58. The van der Waals surface area contributed by atoms with E-state index in [4.69, 9.17) is 5.11 Å². The highest BCUT2D eigenvalue weighted by Gasteiger charge is 2.20. The molecular weight excluding hydrogens is 232 g/mol. The van der Waals surface area contributed by atoms with Crippen LogP contribution in [0.1, 0.15) is 45.4 Å². The predicted octanol–water partition coefficient (Wildman–Crippen LogP) is 2.04. The zero-order chi connectivity index (χ0) is 13.4. The smallest absolute Gasteiger partial charge is 0.326 e. The molecule has 0 saturated heterocycles. The fourth-order valence-electron chi connectivity index (χ4n) is 1.98. The molecule has 0 aliphatic heterocycles. The third kappa shape index (κ3) is 5.21. The summed E-state index contributed by atoms with van der Waals surface area (Å²) in [4.78, 5) is 22.7. The Bertz CT molecular complexity index is 315. The SMILES string of the molecule is CCCC[C@H](NC(=O)NC1CC=CCC1)C(=O)O. The number of amides is 2. The van der Waals surface area contributed by atoms with Gasteiger partial charge in [0, 0.05) is 6.04 Å². The second kappa shape index (κ2) is 7.74.